The Kier molecular flexibility index (Phi) is 4.77. The highest BCUT2D eigenvalue weighted by molar-refractivity contribution is 5.93. The van der Waals surface area contributed by atoms with Crippen molar-refractivity contribution < 1.29 is 13.9 Å². The van der Waals surface area contributed by atoms with Crippen molar-refractivity contribution in [3.63, 3.8) is 0 Å². The first-order chi connectivity index (χ1) is 12.2. The van der Waals surface area contributed by atoms with Crippen LogP contribution in [-0.2, 0) is 11.2 Å². The molecule has 124 valence electrons. The second-order valence-corrected chi connectivity index (χ2v) is 5.32. The van der Waals surface area contributed by atoms with Crippen LogP contribution in [0.2, 0.25) is 0 Å². The van der Waals surface area contributed by atoms with Crippen LogP contribution in [-0.4, -0.2) is 18.0 Å². The third-order valence-electron chi connectivity index (χ3n) is 3.60. The van der Waals surface area contributed by atoms with E-state index in [1.165, 1.54) is 6.39 Å². The van der Waals surface area contributed by atoms with E-state index in [4.69, 9.17) is 14.4 Å². The Morgan fingerprint density at radius 3 is 2.92 bits per heavy atom. The van der Waals surface area contributed by atoms with Gasteiger partial charge in [-0.3, -0.25) is 4.79 Å². The van der Waals surface area contributed by atoms with Crippen molar-refractivity contribution in [2.75, 3.05) is 12.4 Å². The van der Waals surface area contributed by atoms with E-state index in [1.54, 1.807) is 49.7 Å². The number of carbonyl (C=O) groups excluding carboxylic acids is 1. The number of nitrogens with one attached hydrogen (secondary N) is 1. The van der Waals surface area contributed by atoms with Gasteiger partial charge < -0.3 is 14.5 Å². The van der Waals surface area contributed by atoms with Gasteiger partial charge >= 0.3 is 0 Å². The lowest BCUT2D eigenvalue weighted by molar-refractivity contribution is -0.115. The number of carbonyl (C=O) groups is 1. The van der Waals surface area contributed by atoms with E-state index in [9.17, 15) is 4.79 Å². The summed E-state index contributed by atoms with van der Waals surface area (Å²) in [5, 5.41) is 11.7. The molecule has 1 N–H and O–H groups in total. The molecule has 0 aliphatic rings. The molecule has 3 aromatic rings. The van der Waals surface area contributed by atoms with E-state index in [0.717, 1.165) is 11.1 Å². The van der Waals surface area contributed by atoms with Crippen LogP contribution < -0.4 is 10.1 Å². The lowest BCUT2D eigenvalue weighted by atomic mass is 10.1. The van der Waals surface area contributed by atoms with Crippen LogP contribution in [0.4, 0.5) is 5.69 Å². The lowest BCUT2D eigenvalue weighted by Crippen LogP contribution is -2.14. The molecule has 6 nitrogen and oxygen atoms in total. The summed E-state index contributed by atoms with van der Waals surface area (Å²) in [6.07, 6.45) is 3.12. The summed E-state index contributed by atoms with van der Waals surface area (Å²) in [5.74, 6) is 0.980. The second kappa shape index (κ2) is 7.32. The first kappa shape index (κ1) is 16.3. The predicted molar refractivity (Wildman–Crippen MR) is 92.0 cm³/mol. The maximum Gasteiger partial charge on any atom is 0.228 e. The zero-order valence-electron chi connectivity index (χ0n) is 13.5. The minimum Gasteiger partial charge on any atom is -0.496 e. The number of anilines is 1. The van der Waals surface area contributed by atoms with E-state index in [-0.39, 0.29) is 12.3 Å². The molecule has 0 radical (unpaired) electrons. The number of nitrogens with zero attached hydrogens (tertiary/aromatic N) is 2. The van der Waals surface area contributed by atoms with Crippen molar-refractivity contribution in [3.8, 4) is 23.1 Å². The van der Waals surface area contributed by atoms with Crippen LogP contribution in [0.25, 0.3) is 11.3 Å². The fraction of sp³-hybridized carbons (Fsp3) is 0.105. The van der Waals surface area contributed by atoms with Crippen LogP contribution in [0.5, 0.6) is 5.75 Å². The molecule has 0 saturated carbocycles. The Labute approximate surface area is 144 Å². The van der Waals surface area contributed by atoms with Crippen molar-refractivity contribution in [2.24, 2.45) is 0 Å². The predicted octanol–water partition coefficient (Wildman–Crippen LogP) is 3.40. The quantitative estimate of drug-likeness (QED) is 0.773. The maximum absolute atomic E-state index is 12.2. The monoisotopic (exact) mass is 333 g/mol. The topological polar surface area (TPSA) is 88.1 Å². The smallest absolute Gasteiger partial charge is 0.228 e. The van der Waals surface area contributed by atoms with Crippen molar-refractivity contribution in [1.29, 1.82) is 5.26 Å². The molecule has 6 heteroatoms. The van der Waals surface area contributed by atoms with Crippen LogP contribution in [0.3, 0.4) is 0 Å². The summed E-state index contributed by atoms with van der Waals surface area (Å²) in [6, 6.07) is 14.3. The Morgan fingerprint density at radius 1 is 1.32 bits per heavy atom. The Bertz CT molecular complexity index is 927. The number of nitriles is 1. The highest BCUT2D eigenvalue weighted by Crippen LogP contribution is 2.32. The van der Waals surface area contributed by atoms with E-state index < -0.39 is 0 Å². The number of ether oxygens (including phenoxy) is 1. The Morgan fingerprint density at radius 2 is 2.20 bits per heavy atom. The highest BCUT2D eigenvalue weighted by atomic mass is 16.5. The van der Waals surface area contributed by atoms with Gasteiger partial charge in [-0.1, -0.05) is 12.1 Å². The van der Waals surface area contributed by atoms with Crippen LogP contribution in [0.15, 0.2) is 59.5 Å². The largest absolute Gasteiger partial charge is 0.496 e. The molecule has 25 heavy (non-hydrogen) atoms. The van der Waals surface area contributed by atoms with Gasteiger partial charge in [-0.2, -0.15) is 5.26 Å². The fourth-order valence-electron chi connectivity index (χ4n) is 2.46. The molecule has 0 aliphatic carbocycles. The molecule has 1 amide bonds. The number of methoxy groups -OCH3 is 1. The van der Waals surface area contributed by atoms with Gasteiger partial charge in [-0.05, 0) is 29.8 Å². The summed E-state index contributed by atoms with van der Waals surface area (Å²) in [4.78, 5) is 16.1. The van der Waals surface area contributed by atoms with Gasteiger partial charge in [0.25, 0.3) is 0 Å². The number of aromatic nitrogens is 1. The number of hydrogen-bond donors (Lipinski definition) is 1. The molecule has 2 aromatic carbocycles. The zero-order valence-corrected chi connectivity index (χ0v) is 13.5. The third-order valence-corrected chi connectivity index (χ3v) is 3.60. The molecule has 0 atom stereocenters. The van der Waals surface area contributed by atoms with Crippen molar-refractivity contribution in [2.45, 2.75) is 6.42 Å². The second-order valence-electron chi connectivity index (χ2n) is 5.32. The Hall–Kier alpha value is -3.59. The Balaban J connectivity index is 1.74. The summed E-state index contributed by atoms with van der Waals surface area (Å²) >= 11 is 0. The average molecular weight is 333 g/mol. The van der Waals surface area contributed by atoms with E-state index in [2.05, 4.69) is 16.4 Å². The van der Waals surface area contributed by atoms with Crippen LogP contribution in [0.1, 0.15) is 11.1 Å². The van der Waals surface area contributed by atoms with Gasteiger partial charge in [-0.15, -0.1) is 0 Å². The lowest BCUT2D eigenvalue weighted by Gasteiger charge is -2.10. The van der Waals surface area contributed by atoms with Gasteiger partial charge in [0.1, 0.15) is 5.75 Å². The molecule has 0 fully saturated rings. The molecule has 1 heterocycles. The fourth-order valence-corrected chi connectivity index (χ4v) is 2.46. The number of benzene rings is 2. The molecule has 0 aliphatic heterocycles. The average Bonchev–Trinajstić information content (AvgIpc) is 3.16. The summed E-state index contributed by atoms with van der Waals surface area (Å²) in [5.41, 5.74) is 2.67. The molecule has 1 aromatic heterocycles. The van der Waals surface area contributed by atoms with Gasteiger partial charge in [-0.25, -0.2) is 4.98 Å². The molecular weight excluding hydrogens is 318 g/mol. The minimum atomic E-state index is -0.176. The van der Waals surface area contributed by atoms with E-state index in [0.29, 0.717) is 22.8 Å². The highest BCUT2D eigenvalue weighted by Gasteiger charge is 2.11. The number of hydrogen-bond acceptors (Lipinski definition) is 5. The molecule has 3 rings (SSSR count). The molecule has 0 spiro atoms. The van der Waals surface area contributed by atoms with Crippen molar-refractivity contribution in [3.05, 3.63) is 66.2 Å². The van der Waals surface area contributed by atoms with Crippen LogP contribution >= 0.6 is 0 Å². The minimum absolute atomic E-state index is 0.176. The summed E-state index contributed by atoms with van der Waals surface area (Å²) in [6.45, 7) is 0. The first-order valence-electron chi connectivity index (χ1n) is 7.55. The molecule has 0 bridgehead atoms. The van der Waals surface area contributed by atoms with Gasteiger partial charge in [0.05, 0.1) is 36.9 Å². The van der Waals surface area contributed by atoms with Crippen molar-refractivity contribution >= 4 is 11.6 Å². The standard InChI is InChI=1S/C19H15N3O3/c1-24-17-9-15(5-6-16(17)18-11-21-12-25-18)22-19(23)8-13-3-2-4-14(7-13)10-20/h2-7,9,11-12H,8H2,1H3,(H,22,23). The first-order valence-corrected chi connectivity index (χ1v) is 7.55. The number of oxazole rings is 1. The number of rotatable bonds is 5. The van der Waals surface area contributed by atoms with Gasteiger partial charge in [0.2, 0.25) is 5.91 Å². The van der Waals surface area contributed by atoms with Gasteiger partial charge in [0.15, 0.2) is 12.2 Å². The summed E-state index contributed by atoms with van der Waals surface area (Å²) in [7, 11) is 1.55. The zero-order chi connectivity index (χ0) is 17.6. The van der Waals surface area contributed by atoms with E-state index >= 15 is 0 Å². The normalized spacial score (nSPS) is 10.1. The summed E-state index contributed by atoms with van der Waals surface area (Å²) < 4.78 is 10.6. The molecular formula is C19H15N3O3. The van der Waals surface area contributed by atoms with Gasteiger partial charge in [0, 0.05) is 11.8 Å². The third kappa shape index (κ3) is 3.85. The van der Waals surface area contributed by atoms with E-state index in [1.807, 2.05) is 6.07 Å². The molecule has 0 saturated heterocycles. The maximum atomic E-state index is 12.2. The SMILES string of the molecule is COc1cc(NC(=O)Cc2cccc(C#N)c2)ccc1-c1cnco1. The van der Waals surface area contributed by atoms with Crippen molar-refractivity contribution in [1.82, 2.24) is 4.98 Å². The van der Waals surface area contributed by atoms with Crippen LogP contribution in [0, 0.1) is 11.3 Å². The molecule has 0 unspecified atom stereocenters. The number of amides is 1.